The molecule has 0 bridgehead atoms. The number of carbonyl (C=O) groups is 2. The first-order valence-corrected chi connectivity index (χ1v) is 3.83. The molecule has 1 rings (SSSR count). The minimum absolute atomic E-state index is 0.248. The summed E-state index contributed by atoms with van der Waals surface area (Å²) < 4.78 is 0. The standard InChI is InChI=1S/C8H12O3/c1-5-2-6(4-9)7(3-5)8(10)11/h4-7H,2-3H2,1H3,(H,10,11). The molecule has 3 heteroatoms. The van der Waals surface area contributed by atoms with Crippen molar-refractivity contribution < 1.29 is 14.7 Å². The number of hydrogen-bond donors (Lipinski definition) is 1. The van der Waals surface area contributed by atoms with Gasteiger partial charge in [-0.3, -0.25) is 4.79 Å². The highest BCUT2D eigenvalue weighted by Crippen LogP contribution is 2.34. The van der Waals surface area contributed by atoms with E-state index in [1.807, 2.05) is 6.92 Å². The fraction of sp³-hybridized carbons (Fsp3) is 0.750. The Bertz CT molecular complexity index is 176. The quantitative estimate of drug-likeness (QED) is 0.605. The molecule has 0 radical (unpaired) electrons. The van der Waals surface area contributed by atoms with E-state index in [2.05, 4.69) is 0 Å². The average molecular weight is 156 g/mol. The third-order valence-corrected chi connectivity index (χ3v) is 2.34. The molecule has 62 valence electrons. The van der Waals surface area contributed by atoms with Crippen molar-refractivity contribution in [3.05, 3.63) is 0 Å². The van der Waals surface area contributed by atoms with E-state index < -0.39 is 11.9 Å². The maximum atomic E-state index is 10.6. The highest BCUT2D eigenvalue weighted by molar-refractivity contribution is 5.75. The van der Waals surface area contributed by atoms with E-state index in [0.29, 0.717) is 12.3 Å². The van der Waals surface area contributed by atoms with Gasteiger partial charge in [-0.25, -0.2) is 0 Å². The first-order valence-electron chi connectivity index (χ1n) is 3.83. The second-order valence-corrected chi connectivity index (χ2v) is 3.32. The van der Waals surface area contributed by atoms with Gasteiger partial charge in [0, 0.05) is 5.92 Å². The molecule has 0 aromatic heterocycles. The first kappa shape index (κ1) is 8.24. The van der Waals surface area contributed by atoms with E-state index in [0.717, 1.165) is 12.7 Å². The molecular formula is C8H12O3. The van der Waals surface area contributed by atoms with Gasteiger partial charge < -0.3 is 9.90 Å². The van der Waals surface area contributed by atoms with Crippen LogP contribution in [0.5, 0.6) is 0 Å². The van der Waals surface area contributed by atoms with Crippen LogP contribution in [0.3, 0.4) is 0 Å². The minimum Gasteiger partial charge on any atom is -0.481 e. The normalized spacial score (nSPS) is 37.0. The van der Waals surface area contributed by atoms with Crippen molar-refractivity contribution in [1.29, 1.82) is 0 Å². The molecule has 0 spiro atoms. The van der Waals surface area contributed by atoms with Crippen LogP contribution >= 0.6 is 0 Å². The monoisotopic (exact) mass is 156 g/mol. The fourth-order valence-electron chi connectivity index (χ4n) is 1.77. The molecule has 11 heavy (non-hydrogen) atoms. The van der Waals surface area contributed by atoms with E-state index in [1.54, 1.807) is 0 Å². The molecule has 1 N–H and O–H groups in total. The van der Waals surface area contributed by atoms with Gasteiger partial charge in [-0.05, 0) is 18.8 Å². The SMILES string of the molecule is CC1CC(C=O)C(C(=O)O)C1. The maximum absolute atomic E-state index is 10.6. The molecule has 0 aromatic rings. The molecule has 0 saturated heterocycles. The average Bonchev–Trinajstić information content (AvgIpc) is 2.30. The zero-order chi connectivity index (χ0) is 8.43. The van der Waals surface area contributed by atoms with Crippen molar-refractivity contribution in [2.75, 3.05) is 0 Å². The summed E-state index contributed by atoms with van der Waals surface area (Å²) in [6, 6.07) is 0. The minimum atomic E-state index is -0.827. The van der Waals surface area contributed by atoms with E-state index in [1.165, 1.54) is 0 Å². The highest BCUT2D eigenvalue weighted by Gasteiger charge is 2.36. The van der Waals surface area contributed by atoms with Crippen LogP contribution in [0.4, 0.5) is 0 Å². The number of aliphatic carboxylic acids is 1. The lowest BCUT2D eigenvalue weighted by Crippen LogP contribution is -2.18. The van der Waals surface area contributed by atoms with Crippen molar-refractivity contribution >= 4 is 12.3 Å². The Labute approximate surface area is 65.4 Å². The Morgan fingerprint density at radius 2 is 2.18 bits per heavy atom. The van der Waals surface area contributed by atoms with Crippen LogP contribution in [-0.4, -0.2) is 17.4 Å². The van der Waals surface area contributed by atoms with Crippen LogP contribution < -0.4 is 0 Å². The van der Waals surface area contributed by atoms with Gasteiger partial charge in [0.25, 0.3) is 0 Å². The molecule has 0 aliphatic heterocycles. The maximum Gasteiger partial charge on any atom is 0.307 e. The summed E-state index contributed by atoms with van der Waals surface area (Å²) in [5, 5.41) is 8.67. The lowest BCUT2D eigenvalue weighted by Gasteiger charge is -2.06. The summed E-state index contributed by atoms with van der Waals surface area (Å²) in [5.74, 6) is -1.12. The summed E-state index contributed by atoms with van der Waals surface area (Å²) >= 11 is 0. The van der Waals surface area contributed by atoms with Crippen molar-refractivity contribution in [2.24, 2.45) is 17.8 Å². The van der Waals surface area contributed by atoms with Gasteiger partial charge in [-0.1, -0.05) is 6.92 Å². The third-order valence-electron chi connectivity index (χ3n) is 2.34. The van der Waals surface area contributed by atoms with Crippen LogP contribution in [0.25, 0.3) is 0 Å². The van der Waals surface area contributed by atoms with E-state index in [-0.39, 0.29) is 5.92 Å². The molecule has 1 fully saturated rings. The predicted octanol–water partition coefficient (Wildman–Crippen LogP) is 0.932. The Morgan fingerprint density at radius 3 is 2.55 bits per heavy atom. The molecule has 1 aliphatic rings. The lowest BCUT2D eigenvalue weighted by molar-refractivity contribution is -0.144. The van der Waals surface area contributed by atoms with Gasteiger partial charge in [0.2, 0.25) is 0 Å². The van der Waals surface area contributed by atoms with Gasteiger partial charge in [-0.2, -0.15) is 0 Å². The van der Waals surface area contributed by atoms with Crippen molar-refractivity contribution in [1.82, 2.24) is 0 Å². The predicted molar refractivity (Wildman–Crippen MR) is 39.1 cm³/mol. The van der Waals surface area contributed by atoms with Crippen molar-refractivity contribution in [2.45, 2.75) is 19.8 Å². The molecule has 0 amide bonds. The first-order chi connectivity index (χ1) is 5.15. The Kier molecular flexibility index (Phi) is 2.27. The molecular weight excluding hydrogens is 144 g/mol. The summed E-state index contributed by atoms with van der Waals surface area (Å²) in [5.41, 5.74) is 0. The molecule has 3 atom stereocenters. The highest BCUT2D eigenvalue weighted by atomic mass is 16.4. The number of rotatable bonds is 2. The number of carboxylic acid groups (broad SMARTS) is 1. The molecule has 1 aliphatic carbocycles. The lowest BCUT2D eigenvalue weighted by atomic mass is 9.98. The third kappa shape index (κ3) is 1.59. The summed E-state index contributed by atoms with van der Waals surface area (Å²) in [4.78, 5) is 21.0. The zero-order valence-electron chi connectivity index (χ0n) is 6.49. The molecule has 3 nitrogen and oxygen atoms in total. The van der Waals surface area contributed by atoms with Crippen molar-refractivity contribution in [3.63, 3.8) is 0 Å². The van der Waals surface area contributed by atoms with Crippen LogP contribution in [0.1, 0.15) is 19.8 Å². The molecule has 1 saturated carbocycles. The zero-order valence-corrected chi connectivity index (χ0v) is 6.49. The molecule has 3 unspecified atom stereocenters. The fourth-order valence-corrected chi connectivity index (χ4v) is 1.77. The van der Waals surface area contributed by atoms with Gasteiger partial charge in [-0.15, -0.1) is 0 Å². The topological polar surface area (TPSA) is 54.4 Å². The number of carbonyl (C=O) groups excluding carboxylic acids is 1. The van der Waals surface area contributed by atoms with Crippen LogP contribution in [-0.2, 0) is 9.59 Å². The van der Waals surface area contributed by atoms with Crippen molar-refractivity contribution in [3.8, 4) is 0 Å². The number of carboxylic acids is 1. The van der Waals surface area contributed by atoms with Crippen LogP contribution in [0.15, 0.2) is 0 Å². The summed E-state index contributed by atoms with van der Waals surface area (Å²) in [6.07, 6.45) is 2.17. The summed E-state index contributed by atoms with van der Waals surface area (Å²) in [6.45, 7) is 1.99. The Hall–Kier alpha value is -0.860. The molecule has 0 heterocycles. The van der Waals surface area contributed by atoms with E-state index in [4.69, 9.17) is 5.11 Å². The largest absolute Gasteiger partial charge is 0.481 e. The van der Waals surface area contributed by atoms with E-state index in [9.17, 15) is 9.59 Å². The number of hydrogen-bond acceptors (Lipinski definition) is 2. The smallest absolute Gasteiger partial charge is 0.307 e. The van der Waals surface area contributed by atoms with Gasteiger partial charge in [0.15, 0.2) is 0 Å². The van der Waals surface area contributed by atoms with Crippen LogP contribution in [0.2, 0.25) is 0 Å². The Balaban J connectivity index is 2.64. The Morgan fingerprint density at radius 1 is 1.55 bits per heavy atom. The second kappa shape index (κ2) is 3.03. The van der Waals surface area contributed by atoms with Gasteiger partial charge >= 0.3 is 5.97 Å². The van der Waals surface area contributed by atoms with E-state index >= 15 is 0 Å². The van der Waals surface area contributed by atoms with Crippen LogP contribution in [0, 0.1) is 17.8 Å². The van der Waals surface area contributed by atoms with Gasteiger partial charge in [0.05, 0.1) is 5.92 Å². The second-order valence-electron chi connectivity index (χ2n) is 3.32. The van der Waals surface area contributed by atoms with Gasteiger partial charge in [0.1, 0.15) is 6.29 Å². The summed E-state index contributed by atoms with van der Waals surface area (Å²) in [7, 11) is 0. The number of aldehydes is 1. The molecule has 0 aromatic carbocycles.